The molecule has 0 fully saturated rings. The first-order valence-corrected chi connectivity index (χ1v) is 6.83. The summed E-state index contributed by atoms with van der Waals surface area (Å²) in [5, 5.41) is 3.32. The van der Waals surface area contributed by atoms with Gasteiger partial charge in [0, 0.05) is 4.47 Å². The van der Waals surface area contributed by atoms with Crippen molar-refractivity contribution in [3.05, 3.63) is 46.2 Å². The standard InChI is InChI=1S/C14H19BrFN/c1-2-9-17-10-5-3-4-6-12-11-13(15)7-8-14(12)16/h3-4,7-8,11,17H,2,5-6,9-10H2,1H3. The predicted molar refractivity (Wildman–Crippen MR) is 74.7 cm³/mol. The van der Waals surface area contributed by atoms with Crippen molar-refractivity contribution in [2.45, 2.75) is 26.2 Å². The van der Waals surface area contributed by atoms with Crippen molar-refractivity contribution in [2.75, 3.05) is 13.1 Å². The molecule has 0 heterocycles. The third-order valence-electron chi connectivity index (χ3n) is 2.43. The molecule has 1 N–H and O–H groups in total. The third-order valence-corrected chi connectivity index (χ3v) is 2.92. The molecule has 0 amide bonds. The SMILES string of the molecule is CCCNCCC=CCc1cc(Br)ccc1F. The van der Waals surface area contributed by atoms with Gasteiger partial charge in [-0.2, -0.15) is 0 Å². The number of rotatable bonds is 7. The van der Waals surface area contributed by atoms with Crippen LogP contribution >= 0.6 is 15.9 Å². The predicted octanol–water partition coefficient (Wildman–Crippen LogP) is 4.08. The molecule has 0 aromatic heterocycles. The Morgan fingerprint density at radius 2 is 2.12 bits per heavy atom. The summed E-state index contributed by atoms with van der Waals surface area (Å²) in [5.74, 6) is -0.137. The van der Waals surface area contributed by atoms with Crippen LogP contribution in [0.25, 0.3) is 0 Å². The topological polar surface area (TPSA) is 12.0 Å². The summed E-state index contributed by atoms with van der Waals surface area (Å²) in [5.41, 5.74) is 0.733. The summed E-state index contributed by atoms with van der Waals surface area (Å²) >= 11 is 3.35. The summed E-state index contributed by atoms with van der Waals surface area (Å²) in [4.78, 5) is 0. The summed E-state index contributed by atoms with van der Waals surface area (Å²) in [6, 6.07) is 5.04. The molecule has 0 radical (unpaired) electrons. The highest BCUT2D eigenvalue weighted by atomic mass is 79.9. The summed E-state index contributed by atoms with van der Waals surface area (Å²) in [6.07, 6.45) is 6.93. The van der Waals surface area contributed by atoms with Crippen LogP contribution in [0.15, 0.2) is 34.8 Å². The van der Waals surface area contributed by atoms with E-state index in [1.165, 1.54) is 6.07 Å². The van der Waals surface area contributed by atoms with Crippen LogP contribution in [0.3, 0.4) is 0 Å². The fourth-order valence-corrected chi connectivity index (χ4v) is 1.92. The van der Waals surface area contributed by atoms with Crippen molar-refractivity contribution in [3.8, 4) is 0 Å². The van der Waals surface area contributed by atoms with Crippen molar-refractivity contribution in [2.24, 2.45) is 0 Å². The van der Waals surface area contributed by atoms with Crippen LogP contribution < -0.4 is 5.32 Å². The Kier molecular flexibility index (Phi) is 7.13. The van der Waals surface area contributed by atoms with Crippen molar-refractivity contribution in [1.82, 2.24) is 5.32 Å². The number of nitrogens with one attached hydrogen (secondary N) is 1. The van der Waals surface area contributed by atoms with Crippen LogP contribution in [0.4, 0.5) is 4.39 Å². The van der Waals surface area contributed by atoms with Gasteiger partial charge in [0.15, 0.2) is 0 Å². The molecule has 0 bridgehead atoms. The van der Waals surface area contributed by atoms with Crippen LogP contribution in [0.5, 0.6) is 0 Å². The van der Waals surface area contributed by atoms with Crippen molar-refractivity contribution >= 4 is 15.9 Å². The van der Waals surface area contributed by atoms with E-state index in [2.05, 4.69) is 34.2 Å². The Bertz CT molecular complexity index is 363. The van der Waals surface area contributed by atoms with Crippen LogP contribution in [-0.2, 0) is 6.42 Å². The summed E-state index contributed by atoms with van der Waals surface area (Å²) in [6.45, 7) is 4.21. The van der Waals surface area contributed by atoms with Gasteiger partial charge in [0.25, 0.3) is 0 Å². The van der Waals surface area contributed by atoms with Gasteiger partial charge in [0.2, 0.25) is 0 Å². The molecule has 1 rings (SSSR count). The second-order valence-electron chi connectivity index (χ2n) is 3.95. The van der Waals surface area contributed by atoms with Gasteiger partial charge in [0.1, 0.15) is 5.82 Å². The largest absolute Gasteiger partial charge is 0.316 e. The lowest BCUT2D eigenvalue weighted by atomic mass is 10.1. The Hall–Kier alpha value is -0.670. The quantitative estimate of drug-likeness (QED) is 0.591. The second-order valence-corrected chi connectivity index (χ2v) is 4.87. The lowest BCUT2D eigenvalue weighted by Crippen LogP contribution is -2.15. The molecule has 1 nitrogen and oxygen atoms in total. The minimum Gasteiger partial charge on any atom is -0.316 e. The number of hydrogen-bond donors (Lipinski definition) is 1. The van der Waals surface area contributed by atoms with E-state index in [0.717, 1.165) is 36.0 Å². The molecule has 0 aliphatic heterocycles. The second kappa shape index (κ2) is 8.43. The fraction of sp³-hybridized carbons (Fsp3) is 0.429. The Balaban J connectivity index is 2.29. The lowest BCUT2D eigenvalue weighted by molar-refractivity contribution is 0.614. The highest BCUT2D eigenvalue weighted by Gasteiger charge is 1.99. The molecule has 0 atom stereocenters. The zero-order valence-corrected chi connectivity index (χ0v) is 11.8. The molecule has 0 aliphatic rings. The van der Waals surface area contributed by atoms with Crippen molar-refractivity contribution < 1.29 is 4.39 Å². The Morgan fingerprint density at radius 1 is 1.29 bits per heavy atom. The average Bonchev–Trinajstić information content (AvgIpc) is 2.32. The van der Waals surface area contributed by atoms with E-state index in [1.54, 1.807) is 6.07 Å². The summed E-state index contributed by atoms with van der Waals surface area (Å²) < 4.78 is 14.3. The van der Waals surface area contributed by atoms with E-state index < -0.39 is 0 Å². The molecular formula is C14H19BrFN. The molecular weight excluding hydrogens is 281 g/mol. The molecule has 17 heavy (non-hydrogen) atoms. The van der Waals surface area contributed by atoms with Crippen molar-refractivity contribution in [3.63, 3.8) is 0 Å². The van der Waals surface area contributed by atoms with Gasteiger partial charge in [-0.15, -0.1) is 0 Å². The molecule has 1 aromatic rings. The van der Waals surface area contributed by atoms with Gasteiger partial charge in [-0.1, -0.05) is 35.0 Å². The maximum absolute atomic E-state index is 13.4. The van der Waals surface area contributed by atoms with Crippen LogP contribution in [0, 0.1) is 5.82 Å². The minimum absolute atomic E-state index is 0.137. The smallest absolute Gasteiger partial charge is 0.126 e. The molecule has 0 aliphatic carbocycles. The number of halogens is 2. The lowest BCUT2D eigenvalue weighted by Gasteiger charge is -2.01. The zero-order chi connectivity index (χ0) is 12.5. The number of hydrogen-bond acceptors (Lipinski definition) is 1. The molecule has 0 unspecified atom stereocenters. The Labute approximate surface area is 111 Å². The molecule has 3 heteroatoms. The maximum Gasteiger partial charge on any atom is 0.126 e. The van der Waals surface area contributed by atoms with E-state index in [1.807, 2.05) is 12.1 Å². The van der Waals surface area contributed by atoms with E-state index in [4.69, 9.17) is 0 Å². The highest BCUT2D eigenvalue weighted by Crippen LogP contribution is 2.16. The zero-order valence-electron chi connectivity index (χ0n) is 10.2. The van der Waals surface area contributed by atoms with Crippen LogP contribution in [-0.4, -0.2) is 13.1 Å². The molecule has 0 spiro atoms. The van der Waals surface area contributed by atoms with E-state index >= 15 is 0 Å². The first kappa shape index (κ1) is 14.4. The summed E-state index contributed by atoms with van der Waals surface area (Å²) in [7, 11) is 0. The van der Waals surface area contributed by atoms with Crippen LogP contribution in [0.1, 0.15) is 25.3 Å². The van der Waals surface area contributed by atoms with E-state index in [0.29, 0.717) is 6.42 Å². The fourth-order valence-electron chi connectivity index (χ4n) is 1.52. The van der Waals surface area contributed by atoms with Crippen LogP contribution in [0.2, 0.25) is 0 Å². The normalized spacial score (nSPS) is 11.2. The first-order valence-electron chi connectivity index (χ1n) is 6.03. The molecule has 1 aromatic carbocycles. The Morgan fingerprint density at radius 3 is 2.88 bits per heavy atom. The van der Waals surface area contributed by atoms with E-state index in [-0.39, 0.29) is 5.82 Å². The highest BCUT2D eigenvalue weighted by molar-refractivity contribution is 9.10. The molecule has 94 valence electrons. The average molecular weight is 300 g/mol. The minimum atomic E-state index is -0.137. The third kappa shape index (κ3) is 5.99. The number of allylic oxidation sites excluding steroid dienone is 1. The number of benzene rings is 1. The van der Waals surface area contributed by atoms with Gasteiger partial charge in [-0.3, -0.25) is 0 Å². The maximum atomic E-state index is 13.4. The monoisotopic (exact) mass is 299 g/mol. The van der Waals surface area contributed by atoms with Gasteiger partial charge < -0.3 is 5.32 Å². The first-order chi connectivity index (χ1) is 8.24. The van der Waals surface area contributed by atoms with Crippen molar-refractivity contribution in [1.29, 1.82) is 0 Å². The van der Waals surface area contributed by atoms with Gasteiger partial charge >= 0.3 is 0 Å². The van der Waals surface area contributed by atoms with Gasteiger partial charge in [-0.25, -0.2) is 4.39 Å². The van der Waals surface area contributed by atoms with Gasteiger partial charge in [0.05, 0.1) is 0 Å². The van der Waals surface area contributed by atoms with E-state index in [9.17, 15) is 4.39 Å². The van der Waals surface area contributed by atoms with Gasteiger partial charge in [-0.05, 0) is 56.1 Å². The molecule has 0 saturated heterocycles. The molecule has 0 saturated carbocycles.